The van der Waals surface area contributed by atoms with Crippen LogP contribution in [0.2, 0.25) is 0 Å². The summed E-state index contributed by atoms with van der Waals surface area (Å²) in [7, 11) is 0. The molecule has 33 heavy (non-hydrogen) atoms. The minimum absolute atomic E-state index is 0.0383. The zero-order chi connectivity index (χ0) is 25.4. The maximum Gasteiger partial charge on any atom is 0.326 e. The van der Waals surface area contributed by atoms with E-state index in [1.165, 1.54) is 0 Å². The van der Waals surface area contributed by atoms with Crippen LogP contribution in [0.3, 0.4) is 0 Å². The average molecular weight is 493 g/mol. The van der Waals surface area contributed by atoms with Crippen molar-refractivity contribution < 1.29 is 29.4 Å². The van der Waals surface area contributed by atoms with Crippen molar-refractivity contribution in [1.29, 1.82) is 0 Å². The van der Waals surface area contributed by atoms with Gasteiger partial charge in [-0.2, -0.15) is 12.6 Å². The third-order valence-corrected chi connectivity index (χ3v) is 4.88. The first-order valence-corrected chi connectivity index (χ1v) is 11.1. The normalized spacial score (nSPS) is 14.3. The van der Waals surface area contributed by atoms with Crippen LogP contribution in [0.5, 0.6) is 0 Å². The number of nitrogens with zero attached hydrogens (tertiary/aromatic N) is 1. The van der Waals surface area contributed by atoms with E-state index >= 15 is 0 Å². The number of rotatable bonds is 17. The van der Waals surface area contributed by atoms with Crippen LogP contribution in [0.4, 0.5) is 0 Å². The molecule has 0 aromatic carbocycles. The van der Waals surface area contributed by atoms with Gasteiger partial charge in [0.15, 0.2) is 5.96 Å². The Morgan fingerprint density at radius 3 is 1.94 bits per heavy atom. The van der Waals surface area contributed by atoms with E-state index in [0.717, 1.165) is 0 Å². The number of unbranched alkanes of at least 4 members (excludes halogenated alkanes) is 1. The number of guanidine groups is 1. The van der Waals surface area contributed by atoms with Gasteiger partial charge in [-0.15, -0.1) is 0 Å². The van der Waals surface area contributed by atoms with Crippen LogP contribution < -0.4 is 38.9 Å². The number of aliphatic hydroxyl groups excluding tert-OH is 1. The molecule has 0 aromatic rings. The van der Waals surface area contributed by atoms with Crippen LogP contribution in [0.1, 0.15) is 32.1 Å². The van der Waals surface area contributed by atoms with Crippen LogP contribution in [0.15, 0.2) is 4.99 Å². The largest absolute Gasteiger partial charge is 0.480 e. The molecule has 190 valence electrons. The molecule has 3 amide bonds. The van der Waals surface area contributed by atoms with Crippen molar-refractivity contribution in [2.24, 2.45) is 27.9 Å². The average Bonchev–Trinajstić information content (AvgIpc) is 2.77. The van der Waals surface area contributed by atoms with Crippen LogP contribution >= 0.6 is 12.6 Å². The summed E-state index contributed by atoms with van der Waals surface area (Å²) >= 11 is 3.94. The van der Waals surface area contributed by atoms with Crippen LogP contribution in [0, 0.1) is 0 Å². The van der Waals surface area contributed by atoms with Crippen LogP contribution in [-0.2, 0) is 19.2 Å². The fourth-order valence-electron chi connectivity index (χ4n) is 2.62. The lowest BCUT2D eigenvalue weighted by Crippen LogP contribution is -2.58. The van der Waals surface area contributed by atoms with E-state index in [1.807, 2.05) is 0 Å². The predicted molar refractivity (Wildman–Crippen MR) is 125 cm³/mol. The summed E-state index contributed by atoms with van der Waals surface area (Å²) in [6, 6.07) is -4.73. The SMILES string of the molecule is NCCCCC(NC(=O)C(CO)NC(=O)C(CCCN=C(N)N)NC(=O)C(N)CS)C(=O)O. The minimum Gasteiger partial charge on any atom is -0.480 e. The Morgan fingerprint density at radius 1 is 0.879 bits per heavy atom. The molecule has 0 saturated heterocycles. The summed E-state index contributed by atoms with van der Waals surface area (Å²) in [6.07, 6.45) is 1.60. The monoisotopic (exact) mass is 492 g/mol. The van der Waals surface area contributed by atoms with Gasteiger partial charge in [-0.1, -0.05) is 0 Å². The fourth-order valence-corrected chi connectivity index (χ4v) is 2.79. The van der Waals surface area contributed by atoms with Crippen molar-refractivity contribution in [3.8, 4) is 0 Å². The van der Waals surface area contributed by atoms with Crippen LogP contribution in [-0.4, -0.2) is 89.5 Å². The molecule has 0 aromatic heterocycles. The van der Waals surface area contributed by atoms with Gasteiger partial charge in [0.2, 0.25) is 17.7 Å². The smallest absolute Gasteiger partial charge is 0.326 e. The number of aliphatic imine (C=N–C) groups is 1. The molecule has 14 nitrogen and oxygen atoms in total. The highest BCUT2D eigenvalue weighted by molar-refractivity contribution is 7.80. The second-order valence-electron chi connectivity index (χ2n) is 7.23. The molecular formula is C18H36N8O6S. The van der Waals surface area contributed by atoms with Gasteiger partial charge in [0.05, 0.1) is 12.6 Å². The molecule has 4 atom stereocenters. The van der Waals surface area contributed by atoms with E-state index in [-0.39, 0.29) is 31.1 Å². The van der Waals surface area contributed by atoms with Crippen molar-refractivity contribution in [1.82, 2.24) is 16.0 Å². The molecule has 0 aliphatic rings. The summed E-state index contributed by atoms with van der Waals surface area (Å²) < 4.78 is 0. The van der Waals surface area contributed by atoms with Crippen LogP contribution in [0.25, 0.3) is 0 Å². The topological polar surface area (TPSA) is 261 Å². The van der Waals surface area contributed by atoms with E-state index in [0.29, 0.717) is 25.8 Å². The molecule has 0 spiro atoms. The summed E-state index contributed by atoms with van der Waals surface area (Å²) in [5, 5.41) is 25.9. The highest BCUT2D eigenvalue weighted by Gasteiger charge is 2.29. The number of carboxylic acids is 1. The molecule has 0 aliphatic heterocycles. The Morgan fingerprint density at radius 2 is 1.42 bits per heavy atom. The third-order valence-electron chi connectivity index (χ3n) is 4.49. The van der Waals surface area contributed by atoms with Crippen molar-refractivity contribution in [2.75, 3.05) is 25.4 Å². The van der Waals surface area contributed by atoms with Crippen molar-refractivity contribution in [3.05, 3.63) is 0 Å². The summed E-state index contributed by atoms with van der Waals surface area (Å²) in [5.41, 5.74) is 21.5. The maximum absolute atomic E-state index is 12.7. The van der Waals surface area contributed by atoms with Crippen molar-refractivity contribution >= 4 is 42.3 Å². The molecule has 0 radical (unpaired) electrons. The molecule has 0 heterocycles. The second-order valence-corrected chi connectivity index (χ2v) is 7.59. The van der Waals surface area contributed by atoms with Gasteiger partial charge in [-0.3, -0.25) is 19.4 Å². The molecule has 13 N–H and O–H groups in total. The number of carbonyl (C=O) groups excluding carboxylic acids is 3. The maximum atomic E-state index is 12.7. The number of nitrogens with two attached hydrogens (primary N) is 4. The zero-order valence-corrected chi connectivity index (χ0v) is 19.3. The predicted octanol–water partition coefficient (Wildman–Crippen LogP) is -4.04. The van der Waals surface area contributed by atoms with Gasteiger partial charge >= 0.3 is 5.97 Å². The van der Waals surface area contributed by atoms with E-state index in [2.05, 4.69) is 33.6 Å². The summed E-state index contributed by atoms with van der Waals surface area (Å²) in [6.45, 7) is -0.228. The number of aliphatic carboxylic acids is 1. The molecule has 0 rings (SSSR count). The van der Waals surface area contributed by atoms with Gasteiger partial charge in [0.1, 0.15) is 18.1 Å². The molecule has 4 unspecified atom stereocenters. The Kier molecular flexibility index (Phi) is 15.6. The number of nitrogens with one attached hydrogen (secondary N) is 3. The second kappa shape index (κ2) is 16.9. The number of carbonyl (C=O) groups is 4. The first-order valence-electron chi connectivity index (χ1n) is 10.4. The molecule has 0 saturated carbocycles. The van der Waals surface area contributed by atoms with Gasteiger partial charge in [0, 0.05) is 12.3 Å². The van der Waals surface area contributed by atoms with Gasteiger partial charge in [-0.05, 0) is 38.6 Å². The van der Waals surface area contributed by atoms with Crippen molar-refractivity contribution in [3.63, 3.8) is 0 Å². The number of aliphatic hydroxyl groups is 1. The molecule has 0 bridgehead atoms. The Bertz CT molecular complexity index is 676. The molecule has 15 heteroatoms. The number of hydrogen-bond acceptors (Lipinski definition) is 9. The first kappa shape index (κ1) is 30.4. The Hall–Kier alpha value is -2.62. The highest BCUT2D eigenvalue weighted by Crippen LogP contribution is 2.03. The third kappa shape index (κ3) is 12.9. The molecular weight excluding hydrogens is 456 g/mol. The Labute approximate surface area is 197 Å². The highest BCUT2D eigenvalue weighted by atomic mass is 32.1. The standard InChI is InChI=1S/C18H36N8O6S/c19-6-2-1-4-12(17(31)32)25-16(30)13(8-27)26-15(29)11(5-3-7-23-18(21)22)24-14(28)10(20)9-33/h10-13,27,33H,1-9,19-20H2,(H,24,28)(H,25,30)(H,26,29)(H,31,32)(H4,21,22,23). The van der Waals surface area contributed by atoms with E-state index in [9.17, 15) is 29.4 Å². The zero-order valence-electron chi connectivity index (χ0n) is 18.4. The van der Waals surface area contributed by atoms with Crippen molar-refractivity contribution in [2.45, 2.75) is 56.3 Å². The lowest BCUT2D eigenvalue weighted by molar-refractivity contribution is -0.142. The quantitative estimate of drug-likeness (QED) is 0.0406. The summed E-state index contributed by atoms with van der Waals surface area (Å²) in [5.74, 6) is -3.64. The number of thiol groups is 1. The lowest BCUT2D eigenvalue weighted by Gasteiger charge is -2.24. The first-order chi connectivity index (χ1) is 15.6. The van der Waals surface area contributed by atoms with Gasteiger partial charge < -0.3 is 49.1 Å². The van der Waals surface area contributed by atoms with E-state index < -0.39 is 54.5 Å². The number of amides is 3. The van der Waals surface area contributed by atoms with E-state index in [4.69, 9.17) is 22.9 Å². The molecule has 0 fully saturated rings. The number of carboxylic acid groups (broad SMARTS) is 1. The minimum atomic E-state index is -1.44. The van der Waals surface area contributed by atoms with E-state index in [1.54, 1.807) is 0 Å². The lowest BCUT2D eigenvalue weighted by atomic mass is 10.1. The summed E-state index contributed by atoms with van der Waals surface area (Å²) in [4.78, 5) is 52.5. The Balaban J connectivity index is 5.21. The number of hydrogen-bond donors (Lipinski definition) is 10. The molecule has 0 aliphatic carbocycles. The van der Waals surface area contributed by atoms with Gasteiger partial charge in [0.25, 0.3) is 0 Å². The van der Waals surface area contributed by atoms with Gasteiger partial charge in [-0.25, -0.2) is 4.79 Å². The fraction of sp³-hybridized carbons (Fsp3) is 0.722.